The van der Waals surface area contributed by atoms with Gasteiger partial charge in [-0.05, 0) is 0 Å². The minimum Gasteiger partial charge on any atom is -0.336 e. The van der Waals surface area contributed by atoms with Crippen molar-refractivity contribution < 1.29 is 18.5 Å². The van der Waals surface area contributed by atoms with Crippen LogP contribution in [-0.4, -0.2) is 24.0 Å². The lowest BCUT2D eigenvalue weighted by Gasteiger charge is -2.14. The van der Waals surface area contributed by atoms with Gasteiger partial charge in [0.15, 0.2) is 0 Å². The van der Waals surface area contributed by atoms with Crippen molar-refractivity contribution in [3.05, 3.63) is 33.9 Å². The molecule has 1 aliphatic rings. The molecule has 0 aromatic heterocycles. The van der Waals surface area contributed by atoms with Crippen molar-refractivity contribution in [1.29, 1.82) is 0 Å². The number of hydrogen-bond acceptors (Lipinski definition) is 3. The summed E-state index contributed by atoms with van der Waals surface area (Å²) >= 11 is 0. The highest BCUT2D eigenvalue weighted by Gasteiger charge is 2.27. The zero-order chi connectivity index (χ0) is 12.6. The van der Waals surface area contributed by atoms with Crippen LogP contribution in [0.1, 0.15) is 0 Å². The predicted molar refractivity (Wildman–Crippen MR) is 53.8 cm³/mol. The van der Waals surface area contributed by atoms with Crippen LogP contribution in [0.5, 0.6) is 0 Å². The Balaban J connectivity index is 2.50. The summed E-state index contributed by atoms with van der Waals surface area (Å²) in [6.07, 6.45) is 0. The van der Waals surface area contributed by atoms with Crippen molar-refractivity contribution >= 4 is 17.4 Å². The first kappa shape index (κ1) is 11.2. The Labute approximate surface area is 94.0 Å². The molecule has 0 saturated carbocycles. The highest BCUT2D eigenvalue weighted by atomic mass is 19.1. The van der Waals surface area contributed by atoms with Crippen molar-refractivity contribution in [2.75, 3.05) is 18.0 Å². The summed E-state index contributed by atoms with van der Waals surface area (Å²) in [4.78, 5) is 21.8. The SMILES string of the molecule is O=C1NCCN1c1cc([N+](=O)[O-])c(F)cc1F. The first-order valence-corrected chi connectivity index (χ1v) is 4.69. The van der Waals surface area contributed by atoms with Gasteiger partial charge in [-0.15, -0.1) is 0 Å². The van der Waals surface area contributed by atoms with Crippen molar-refractivity contribution in [2.24, 2.45) is 0 Å². The molecular weight excluding hydrogens is 236 g/mol. The van der Waals surface area contributed by atoms with Crippen molar-refractivity contribution in [3.63, 3.8) is 0 Å². The molecule has 1 aromatic carbocycles. The summed E-state index contributed by atoms with van der Waals surface area (Å²) < 4.78 is 26.5. The highest BCUT2D eigenvalue weighted by molar-refractivity contribution is 5.94. The van der Waals surface area contributed by atoms with Crippen LogP contribution < -0.4 is 10.2 Å². The molecule has 2 amide bonds. The molecule has 2 rings (SSSR count). The zero-order valence-electron chi connectivity index (χ0n) is 8.44. The van der Waals surface area contributed by atoms with Gasteiger partial charge >= 0.3 is 11.7 Å². The van der Waals surface area contributed by atoms with E-state index in [0.29, 0.717) is 12.6 Å². The lowest BCUT2D eigenvalue weighted by Crippen LogP contribution is -2.28. The van der Waals surface area contributed by atoms with E-state index >= 15 is 0 Å². The zero-order valence-corrected chi connectivity index (χ0v) is 8.44. The van der Waals surface area contributed by atoms with E-state index in [1.165, 1.54) is 0 Å². The van der Waals surface area contributed by atoms with Gasteiger partial charge in [0.2, 0.25) is 5.82 Å². The van der Waals surface area contributed by atoms with Gasteiger partial charge in [-0.1, -0.05) is 0 Å². The van der Waals surface area contributed by atoms with Crippen LogP contribution in [0.3, 0.4) is 0 Å². The van der Waals surface area contributed by atoms with Crippen LogP contribution >= 0.6 is 0 Å². The summed E-state index contributed by atoms with van der Waals surface area (Å²) in [5.41, 5.74) is -1.16. The van der Waals surface area contributed by atoms with E-state index in [-0.39, 0.29) is 12.2 Å². The van der Waals surface area contributed by atoms with Crippen molar-refractivity contribution in [1.82, 2.24) is 5.32 Å². The topological polar surface area (TPSA) is 75.5 Å². The second-order valence-electron chi connectivity index (χ2n) is 3.40. The molecule has 8 heteroatoms. The molecule has 90 valence electrons. The number of benzene rings is 1. The molecule has 17 heavy (non-hydrogen) atoms. The van der Waals surface area contributed by atoms with Crippen LogP contribution in [-0.2, 0) is 0 Å². The molecule has 0 atom stereocenters. The monoisotopic (exact) mass is 243 g/mol. The molecule has 1 aromatic rings. The fraction of sp³-hybridized carbons (Fsp3) is 0.222. The van der Waals surface area contributed by atoms with Crippen LogP contribution in [0, 0.1) is 21.7 Å². The second-order valence-corrected chi connectivity index (χ2v) is 3.40. The van der Waals surface area contributed by atoms with Gasteiger partial charge in [-0.25, -0.2) is 9.18 Å². The Morgan fingerprint density at radius 2 is 2.06 bits per heavy atom. The molecule has 0 radical (unpaired) electrons. The van der Waals surface area contributed by atoms with Gasteiger partial charge in [0, 0.05) is 25.2 Å². The van der Waals surface area contributed by atoms with Crippen LogP contribution in [0.4, 0.5) is 25.0 Å². The van der Waals surface area contributed by atoms with E-state index in [9.17, 15) is 23.7 Å². The lowest BCUT2D eigenvalue weighted by atomic mass is 10.2. The lowest BCUT2D eigenvalue weighted by molar-refractivity contribution is -0.387. The van der Waals surface area contributed by atoms with E-state index in [1.807, 2.05) is 0 Å². The van der Waals surface area contributed by atoms with E-state index in [4.69, 9.17) is 0 Å². The first-order valence-electron chi connectivity index (χ1n) is 4.69. The molecule has 0 unspecified atom stereocenters. The number of nitrogens with zero attached hydrogens (tertiary/aromatic N) is 2. The Morgan fingerprint density at radius 3 is 2.59 bits per heavy atom. The van der Waals surface area contributed by atoms with Crippen LogP contribution in [0.25, 0.3) is 0 Å². The van der Waals surface area contributed by atoms with Gasteiger partial charge in [-0.3, -0.25) is 15.0 Å². The Morgan fingerprint density at radius 1 is 1.35 bits per heavy atom. The summed E-state index contributed by atoms with van der Waals surface area (Å²) in [7, 11) is 0. The van der Waals surface area contributed by atoms with E-state index < -0.39 is 28.3 Å². The highest BCUT2D eigenvalue weighted by Crippen LogP contribution is 2.28. The minimum atomic E-state index is -1.27. The third-order valence-electron chi connectivity index (χ3n) is 2.36. The fourth-order valence-electron chi connectivity index (χ4n) is 1.57. The van der Waals surface area contributed by atoms with Gasteiger partial charge in [0.05, 0.1) is 10.6 Å². The second kappa shape index (κ2) is 3.96. The van der Waals surface area contributed by atoms with Gasteiger partial charge < -0.3 is 5.32 Å². The Hall–Kier alpha value is -2.25. The summed E-state index contributed by atoms with van der Waals surface area (Å²) in [6.45, 7) is 0.488. The van der Waals surface area contributed by atoms with Gasteiger partial charge in [0.1, 0.15) is 5.82 Å². The summed E-state index contributed by atoms with van der Waals surface area (Å²) in [5.74, 6) is -2.28. The molecule has 1 N–H and O–H groups in total. The average Bonchev–Trinajstić information content (AvgIpc) is 2.64. The number of amides is 2. The standard InChI is InChI=1S/C9H7F2N3O3/c10-5-3-6(11)8(14(16)17)4-7(5)13-2-1-12-9(13)15/h3-4H,1-2H2,(H,12,15). The molecule has 0 spiro atoms. The third-order valence-corrected chi connectivity index (χ3v) is 2.36. The summed E-state index contributed by atoms with van der Waals surface area (Å²) in [5, 5.41) is 12.9. The summed E-state index contributed by atoms with van der Waals surface area (Å²) in [6, 6.07) is 0.555. The van der Waals surface area contributed by atoms with Crippen molar-refractivity contribution in [2.45, 2.75) is 0 Å². The van der Waals surface area contributed by atoms with Crippen LogP contribution in [0.15, 0.2) is 12.1 Å². The number of nitro benzene ring substituents is 1. The number of hydrogen-bond donors (Lipinski definition) is 1. The smallest absolute Gasteiger partial charge is 0.322 e. The largest absolute Gasteiger partial charge is 0.336 e. The predicted octanol–water partition coefficient (Wildman–Crippen LogP) is 1.40. The van der Waals surface area contributed by atoms with Crippen LogP contribution in [0.2, 0.25) is 0 Å². The third kappa shape index (κ3) is 1.88. The molecule has 1 fully saturated rings. The molecule has 1 aliphatic heterocycles. The van der Waals surface area contributed by atoms with Crippen molar-refractivity contribution in [3.8, 4) is 0 Å². The number of halogens is 2. The molecule has 0 aliphatic carbocycles. The number of carbonyl (C=O) groups excluding carboxylic acids is 1. The minimum absolute atomic E-state index is 0.179. The van der Waals surface area contributed by atoms with E-state index in [0.717, 1.165) is 11.0 Å². The fourth-order valence-corrected chi connectivity index (χ4v) is 1.57. The number of nitro groups is 1. The number of nitrogens with one attached hydrogen (secondary N) is 1. The first-order chi connectivity index (χ1) is 8.00. The Bertz CT molecular complexity index is 507. The maximum atomic E-state index is 13.4. The molecular formula is C9H7F2N3O3. The number of rotatable bonds is 2. The maximum Gasteiger partial charge on any atom is 0.322 e. The average molecular weight is 243 g/mol. The molecule has 1 heterocycles. The van der Waals surface area contributed by atoms with E-state index in [1.54, 1.807) is 0 Å². The number of anilines is 1. The maximum absolute atomic E-state index is 13.4. The molecule has 1 saturated heterocycles. The number of urea groups is 1. The van der Waals surface area contributed by atoms with Gasteiger partial charge in [-0.2, -0.15) is 4.39 Å². The molecule has 0 bridgehead atoms. The molecule has 6 nitrogen and oxygen atoms in total. The Kier molecular flexibility index (Phi) is 2.62. The van der Waals surface area contributed by atoms with Gasteiger partial charge in [0.25, 0.3) is 0 Å². The number of carbonyl (C=O) groups is 1. The normalized spacial score (nSPS) is 14.9. The quantitative estimate of drug-likeness (QED) is 0.630. The van der Waals surface area contributed by atoms with E-state index in [2.05, 4.69) is 5.32 Å².